The molecule has 1 atom stereocenters. The van der Waals surface area contributed by atoms with Crippen LogP contribution in [-0.2, 0) is 30.0 Å². The van der Waals surface area contributed by atoms with Crippen molar-refractivity contribution in [1.29, 1.82) is 0 Å². The minimum Gasteiger partial charge on any atom is -0.473 e. The molecule has 39 heavy (non-hydrogen) atoms. The molecule has 0 radical (unpaired) electrons. The van der Waals surface area contributed by atoms with Crippen molar-refractivity contribution < 1.29 is 38.5 Å². The number of rotatable bonds is 7. The number of carbonyl (C=O) groups is 2. The Morgan fingerprint density at radius 2 is 1.85 bits per heavy atom. The summed E-state index contributed by atoms with van der Waals surface area (Å²) < 4.78 is 20.7. The first kappa shape index (κ1) is 28.1. The van der Waals surface area contributed by atoms with Crippen molar-refractivity contribution in [3.8, 4) is 16.8 Å². The number of ether oxygens (including phenoxy) is 1. The summed E-state index contributed by atoms with van der Waals surface area (Å²) in [7, 11) is -1.25. The Hall–Kier alpha value is -3.92. The summed E-state index contributed by atoms with van der Waals surface area (Å²) in [6.07, 6.45) is 3.58. The molecule has 1 fully saturated rings. The Morgan fingerprint density at radius 1 is 1.18 bits per heavy atom. The quantitative estimate of drug-likeness (QED) is 0.144. The molecule has 2 N–H and O–H groups in total. The summed E-state index contributed by atoms with van der Waals surface area (Å²) >= 11 is 1.42. The molecule has 2 aromatic heterocycles. The number of aliphatic carboxylic acids is 2. The van der Waals surface area contributed by atoms with Gasteiger partial charge < -0.3 is 24.4 Å². The number of hydrogen-bond acceptors (Lipinski definition) is 10. The molecule has 0 bridgehead atoms. The van der Waals surface area contributed by atoms with Crippen molar-refractivity contribution in [2.24, 2.45) is 5.16 Å². The Balaban J connectivity index is 0.000000531. The maximum atomic E-state index is 12.6. The molecule has 0 amide bonds. The van der Waals surface area contributed by atoms with Gasteiger partial charge >= 0.3 is 11.9 Å². The zero-order chi connectivity index (χ0) is 28.1. The summed E-state index contributed by atoms with van der Waals surface area (Å²) in [6.45, 7) is 4.50. The fourth-order valence-electron chi connectivity index (χ4n) is 4.08. The number of oxime groups is 1. The minimum atomic E-state index is -1.82. The Morgan fingerprint density at radius 3 is 2.44 bits per heavy atom. The van der Waals surface area contributed by atoms with Crippen LogP contribution in [0, 0.1) is 10.1 Å². The second-order valence-corrected chi connectivity index (χ2v) is 10.9. The van der Waals surface area contributed by atoms with Crippen LogP contribution >= 0.6 is 11.3 Å². The molecule has 1 aromatic carbocycles. The van der Waals surface area contributed by atoms with E-state index in [1.807, 2.05) is 22.9 Å². The van der Waals surface area contributed by atoms with Crippen LogP contribution in [0.5, 0.6) is 0 Å². The average Bonchev–Trinajstić information content (AvgIpc) is 3.60. The van der Waals surface area contributed by atoms with Gasteiger partial charge in [-0.2, -0.15) is 0 Å². The summed E-state index contributed by atoms with van der Waals surface area (Å²) in [5, 5.41) is 30.3. The van der Waals surface area contributed by atoms with E-state index >= 15 is 0 Å². The summed E-state index contributed by atoms with van der Waals surface area (Å²) in [4.78, 5) is 37.7. The first-order valence-electron chi connectivity index (χ1n) is 11.6. The summed E-state index contributed by atoms with van der Waals surface area (Å²) in [5.74, 6) is -3.65. The second-order valence-electron chi connectivity index (χ2n) is 8.30. The van der Waals surface area contributed by atoms with E-state index in [1.54, 1.807) is 18.4 Å². The maximum absolute atomic E-state index is 12.6. The van der Waals surface area contributed by atoms with Gasteiger partial charge in [0.15, 0.2) is 0 Å². The Bertz CT molecular complexity index is 1430. The number of nitrogens with zero attached hydrogens (tertiary/aromatic N) is 4. The van der Waals surface area contributed by atoms with Crippen molar-refractivity contribution in [3.63, 3.8) is 0 Å². The normalized spacial score (nSPS) is 16.1. The fourth-order valence-corrected chi connectivity index (χ4v) is 6.34. The van der Waals surface area contributed by atoms with Crippen molar-refractivity contribution in [2.75, 3.05) is 45.7 Å². The van der Waals surface area contributed by atoms with Gasteiger partial charge in [-0.3, -0.25) is 19.2 Å². The first-order chi connectivity index (χ1) is 18.7. The molecule has 1 unspecified atom stereocenters. The molecule has 0 aliphatic carbocycles. The molecule has 4 heterocycles. The van der Waals surface area contributed by atoms with E-state index in [0.29, 0.717) is 16.5 Å². The van der Waals surface area contributed by atoms with Crippen LogP contribution in [0.15, 0.2) is 52.0 Å². The van der Waals surface area contributed by atoms with E-state index in [-0.39, 0.29) is 5.69 Å². The highest BCUT2D eigenvalue weighted by Gasteiger charge is 2.34. The van der Waals surface area contributed by atoms with E-state index in [1.165, 1.54) is 23.5 Å². The number of carboxylic acid groups (broad SMARTS) is 2. The Labute approximate surface area is 228 Å². The lowest BCUT2D eigenvalue weighted by atomic mass is 10.1. The highest BCUT2D eigenvalue weighted by molar-refractivity contribution is 7.86. The number of carboxylic acids is 2. The fraction of sp³-hybridized carbons (Fsp3) is 0.292. The number of morpholine rings is 1. The average molecular weight is 577 g/mol. The van der Waals surface area contributed by atoms with E-state index in [4.69, 9.17) is 29.4 Å². The molecule has 0 spiro atoms. The van der Waals surface area contributed by atoms with E-state index in [2.05, 4.69) is 10.1 Å². The zero-order valence-electron chi connectivity index (χ0n) is 20.6. The monoisotopic (exact) mass is 576 g/mol. The number of nitro benzene ring substituents is 1. The minimum absolute atomic E-state index is 0.0161. The van der Waals surface area contributed by atoms with Crippen LogP contribution in [0.25, 0.3) is 16.8 Å². The summed E-state index contributed by atoms with van der Waals surface area (Å²) in [6, 6.07) is 10.2. The lowest BCUT2D eigenvalue weighted by molar-refractivity contribution is -0.384. The third-order valence-electron chi connectivity index (χ3n) is 5.87. The van der Waals surface area contributed by atoms with Gasteiger partial charge in [-0.25, -0.2) is 9.59 Å². The van der Waals surface area contributed by atoms with E-state index in [0.717, 1.165) is 60.2 Å². The number of aromatic nitrogens is 1. The predicted molar refractivity (Wildman–Crippen MR) is 142 cm³/mol. The number of thiophene rings is 1. The molecular weight excluding hydrogens is 552 g/mol. The highest BCUT2D eigenvalue weighted by Crippen LogP contribution is 2.46. The third-order valence-corrected chi connectivity index (χ3v) is 8.53. The SMILES string of the molecule is CS(=O)c1sc2c(c1-c1ccc([N+](=O)[O-])cc1)-n1cccc1/C2=N/OCCN1CCOCC1.O=C(O)C(=O)O. The van der Waals surface area contributed by atoms with Crippen molar-refractivity contribution in [2.45, 2.75) is 4.21 Å². The van der Waals surface area contributed by atoms with Crippen LogP contribution in [0.2, 0.25) is 0 Å². The molecule has 13 nitrogen and oxygen atoms in total. The van der Waals surface area contributed by atoms with Crippen molar-refractivity contribution in [1.82, 2.24) is 9.47 Å². The Kier molecular flexibility index (Phi) is 8.86. The van der Waals surface area contributed by atoms with Crippen molar-refractivity contribution in [3.05, 3.63) is 63.3 Å². The van der Waals surface area contributed by atoms with Crippen LogP contribution in [0.1, 0.15) is 10.6 Å². The lowest BCUT2D eigenvalue weighted by Crippen LogP contribution is -2.38. The van der Waals surface area contributed by atoms with Gasteiger partial charge in [-0.1, -0.05) is 5.16 Å². The molecular formula is C24H24N4O9S2. The van der Waals surface area contributed by atoms with E-state index in [9.17, 15) is 14.3 Å². The molecule has 2 aliphatic heterocycles. The lowest BCUT2D eigenvalue weighted by Gasteiger charge is -2.25. The molecule has 5 rings (SSSR count). The predicted octanol–water partition coefficient (Wildman–Crippen LogP) is 2.42. The summed E-state index contributed by atoms with van der Waals surface area (Å²) in [5.41, 5.74) is 4.09. The van der Waals surface area contributed by atoms with Gasteiger partial charge in [0, 0.05) is 49.8 Å². The number of fused-ring (bicyclic) bond motifs is 3. The molecule has 1 saturated heterocycles. The number of non-ortho nitro benzene ring substituents is 1. The van der Waals surface area contributed by atoms with Gasteiger partial charge in [0.25, 0.3) is 5.69 Å². The molecule has 15 heteroatoms. The number of benzene rings is 1. The number of nitro groups is 1. The van der Waals surface area contributed by atoms with Crippen LogP contribution < -0.4 is 0 Å². The van der Waals surface area contributed by atoms with Gasteiger partial charge in [0.2, 0.25) is 0 Å². The van der Waals surface area contributed by atoms with Crippen LogP contribution in [0.4, 0.5) is 5.69 Å². The standard InChI is InChI=1S/C22H22N4O5S2.C2H2O4/c1-33(29)22-18(15-4-6-16(7-5-15)26(27)28)20-21(32-22)19(17-3-2-8-25(17)20)23-31-14-11-24-9-12-30-13-10-24;3-1(4)2(5)6/h2-8H,9-14H2,1H3;(H,3,4)(H,5,6)/b23-19-;. The van der Waals surface area contributed by atoms with Gasteiger partial charge in [0.05, 0.1) is 45.2 Å². The molecule has 0 saturated carbocycles. The smallest absolute Gasteiger partial charge is 0.414 e. The van der Waals surface area contributed by atoms with E-state index < -0.39 is 27.7 Å². The molecule has 206 valence electrons. The van der Waals surface area contributed by atoms with Crippen molar-refractivity contribution >= 4 is 45.5 Å². The van der Waals surface area contributed by atoms with Crippen LogP contribution in [-0.4, -0.2) is 92.2 Å². The highest BCUT2D eigenvalue weighted by atomic mass is 32.2. The molecule has 2 aliphatic rings. The zero-order valence-corrected chi connectivity index (χ0v) is 22.3. The van der Waals surface area contributed by atoms with Gasteiger partial charge in [0.1, 0.15) is 16.5 Å². The largest absolute Gasteiger partial charge is 0.473 e. The van der Waals surface area contributed by atoms with Crippen LogP contribution in [0.3, 0.4) is 0 Å². The second kappa shape index (κ2) is 12.3. The van der Waals surface area contributed by atoms with Gasteiger partial charge in [-0.05, 0) is 29.8 Å². The first-order valence-corrected chi connectivity index (χ1v) is 14.0. The maximum Gasteiger partial charge on any atom is 0.414 e. The topological polar surface area (TPSA) is 174 Å². The third kappa shape index (κ3) is 6.22. The van der Waals surface area contributed by atoms with Gasteiger partial charge in [-0.15, -0.1) is 11.3 Å². The molecule has 3 aromatic rings. The number of hydrogen-bond donors (Lipinski definition) is 2.